The third-order valence-corrected chi connectivity index (χ3v) is 6.45. The van der Waals surface area contributed by atoms with E-state index in [9.17, 15) is 9.18 Å². The Balaban J connectivity index is 1.56. The van der Waals surface area contributed by atoms with Gasteiger partial charge in [0, 0.05) is 23.1 Å². The Morgan fingerprint density at radius 3 is 2.74 bits per heavy atom. The molecule has 4 aromatic rings. The minimum absolute atomic E-state index is 0.00136. The lowest BCUT2D eigenvalue weighted by atomic mass is 10.1. The molecule has 0 spiro atoms. The van der Waals surface area contributed by atoms with Crippen molar-refractivity contribution in [1.82, 2.24) is 4.68 Å². The maximum Gasteiger partial charge on any atom is 0.262 e. The van der Waals surface area contributed by atoms with Crippen molar-refractivity contribution in [2.75, 3.05) is 18.5 Å². The first-order valence-corrected chi connectivity index (χ1v) is 12.1. The molecule has 0 saturated heterocycles. The third kappa shape index (κ3) is 5.07. The van der Waals surface area contributed by atoms with Crippen LogP contribution in [0.4, 0.5) is 10.1 Å². The van der Waals surface area contributed by atoms with Gasteiger partial charge in [0.25, 0.3) is 5.91 Å². The predicted octanol–water partition coefficient (Wildman–Crippen LogP) is 5.10. The highest BCUT2D eigenvalue weighted by molar-refractivity contribution is 7.07. The number of nitrogens with one attached hydrogen (secondary N) is 1. The second kappa shape index (κ2) is 10.1. The van der Waals surface area contributed by atoms with Crippen LogP contribution < -0.4 is 14.9 Å². The van der Waals surface area contributed by atoms with Crippen LogP contribution >= 0.6 is 11.3 Å². The number of anilines is 1. The average molecular weight is 487 g/mol. The molecule has 2 heterocycles. The van der Waals surface area contributed by atoms with Gasteiger partial charge >= 0.3 is 0 Å². The summed E-state index contributed by atoms with van der Waals surface area (Å²) in [6.07, 6.45) is 0.798. The zero-order valence-corrected chi connectivity index (χ0v) is 19.9. The monoisotopic (exact) mass is 486 g/mol. The molecule has 8 heteroatoms. The van der Waals surface area contributed by atoms with Gasteiger partial charge in [0.15, 0.2) is 6.61 Å². The van der Waals surface area contributed by atoms with Crippen molar-refractivity contribution in [2.45, 2.75) is 13.3 Å². The van der Waals surface area contributed by atoms with Gasteiger partial charge in [-0.3, -0.25) is 9.79 Å². The minimum atomic E-state index is -0.331. The molecule has 0 atom stereocenters. The van der Waals surface area contributed by atoms with Crippen LogP contribution in [-0.4, -0.2) is 29.4 Å². The van der Waals surface area contributed by atoms with Crippen molar-refractivity contribution in [2.24, 2.45) is 10.1 Å². The topological polar surface area (TPSA) is 68.0 Å². The van der Waals surface area contributed by atoms with Gasteiger partial charge in [-0.2, -0.15) is 5.10 Å². The molecule has 3 aromatic carbocycles. The Morgan fingerprint density at radius 1 is 1.11 bits per heavy atom. The molecule has 35 heavy (non-hydrogen) atoms. The Labute approximate surface area is 206 Å². The highest BCUT2D eigenvalue weighted by atomic mass is 32.1. The number of hydrogen-bond acceptors (Lipinski definition) is 5. The Kier molecular flexibility index (Phi) is 6.54. The van der Waals surface area contributed by atoms with Gasteiger partial charge < -0.3 is 10.1 Å². The average Bonchev–Trinajstić information content (AvgIpc) is 3.26. The van der Waals surface area contributed by atoms with E-state index in [1.54, 1.807) is 29.8 Å². The summed E-state index contributed by atoms with van der Waals surface area (Å²) in [6.45, 7) is 2.37. The first kappa shape index (κ1) is 22.7. The normalized spacial score (nSPS) is 13.8. The van der Waals surface area contributed by atoms with Crippen LogP contribution in [0.2, 0.25) is 0 Å². The molecule has 1 aromatic heterocycles. The molecule has 0 aliphatic carbocycles. The van der Waals surface area contributed by atoms with Crippen molar-refractivity contribution in [3.63, 3.8) is 0 Å². The molecular formula is C27H23FN4O2S. The molecule has 1 aliphatic heterocycles. The zero-order valence-electron chi connectivity index (χ0n) is 19.1. The van der Waals surface area contributed by atoms with E-state index in [0.717, 1.165) is 17.7 Å². The van der Waals surface area contributed by atoms with E-state index in [4.69, 9.17) is 14.8 Å². The van der Waals surface area contributed by atoms with Crippen molar-refractivity contribution < 1.29 is 13.9 Å². The van der Waals surface area contributed by atoms with Crippen LogP contribution in [0.25, 0.3) is 11.3 Å². The van der Waals surface area contributed by atoms with Crippen molar-refractivity contribution in [1.29, 1.82) is 0 Å². The molecule has 0 bridgehead atoms. The predicted molar refractivity (Wildman–Crippen MR) is 136 cm³/mol. The van der Waals surface area contributed by atoms with Crippen molar-refractivity contribution in [3.05, 3.63) is 99.9 Å². The van der Waals surface area contributed by atoms with E-state index in [2.05, 4.69) is 17.4 Å². The molecule has 1 N–H and O–H groups in total. The molecule has 0 unspecified atom stereocenters. The number of benzene rings is 3. The number of rotatable bonds is 6. The second-order valence-electron chi connectivity index (χ2n) is 8.05. The molecule has 0 radical (unpaired) electrons. The molecular weight excluding hydrogens is 463 g/mol. The lowest BCUT2D eigenvalue weighted by Gasteiger charge is -2.18. The van der Waals surface area contributed by atoms with Crippen LogP contribution in [0, 0.1) is 5.82 Å². The van der Waals surface area contributed by atoms with Gasteiger partial charge in [-0.05, 0) is 43.2 Å². The van der Waals surface area contributed by atoms with Gasteiger partial charge in [-0.1, -0.05) is 48.5 Å². The van der Waals surface area contributed by atoms with Crippen molar-refractivity contribution in [3.8, 4) is 17.0 Å². The van der Waals surface area contributed by atoms with E-state index < -0.39 is 0 Å². The van der Waals surface area contributed by atoms with Crippen LogP contribution in [-0.2, 0) is 11.2 Å². The summed E-state index contributed by atoms with van der Waals surface area (Å²) in [7, 11) is 0. The highest BCUT2D eigenvalue weighted by Gasteiger charge is 2.18. The first-order chi connectivity index (χ1) is 17.1. The van der Waals surface area contributed by atoms with E-state index >= 15 is 0 Å². The molecule has 1 amide bonds. The van der Waals surface area contributed by atoms with E-state index in [1.807, 2.05) is 41.8 Å². The Bertz CT molecular complexity index is 1470. The minimum Gasteiger partial charge on any atom is -0.482 e. The number of aromatic nitrogens is 1. The quantitative estimate of drug-likeness (QED) is 0.385. The first-order valence-electron chi connectivity index (χ1n) is 11.2. The molecule has 1 aliphatic rings. The maximum atomic E-state index is 14.4. The fraction of sp³-hybridized carbons (Fsp3) is 0.148. The number of thiazole rings is 1. The second-order valence-corrected chi connectivity index (χ2v) is 8.88. The number of halogens is 1. The number of carbonyl (C=O) groups is 1. The SMILES string of the molecule is CC(=Nn1c(-c2ccc3c(c2)NC(=O)CO3)csc1=NCCc1ccccc1)c1ccccc1F. The number of nitrogens with zero attached hydrogens (tertiary/aromatic N) is 3. The summed E-state index contributed by atoms with van der Waals surface area (Å²) in [5.41, 5.74) is 4.39. The zero-order chi connectivity index (χ0) is 24.2. The van der Waals surface area contributed by atoms with Crippen molar-refractivity contribution >= 4 is 28.6 Å². The summed E-state index contributed by atoms with van der Waals surface area (Å²) in [5.74, 6) is 0.0918. The molecule has 176 valence electrons. The number of carbonyl (C=O) groups excluding carboxylic acids is 1. The molecule has 5 rings (SSSR count). The number of ether oxygens (including phenoxy) is 1. The summed E-state index contributed by atoms with van der Waals surface area (Å²) >= 11 is 1.46. The molecule has 0 saturated carbocycles. The van der Waals surface area contributed by atoms with Gasteiger partial charge in [0.05, 0.1) is 17.1 Å². The fourth-order valence-corrected chi connectivity index (χ4v) is 4.69. The van der Waals surface area contributed by atoms with Crippen LogP contribution in [0.1, 0.15) is 18.1 Å². The van der Waals surface area contributed by atoms with Crippen LogP contribution in [0.15, 0.2) is 88.3 Å². The molecule has 6 nitrogen and oxygen atoms in total. The Hall–Kier alpha value is -4.04. The summed E-state index contributed by atoms with van der Waals surface area (Å²) in [5, 5.41) is 9.58. The summed E-state index contributed by atoms with van der Waals surface area (Å²) < 4.78 is 21.7. The maximum absolute atomic E-state index is 14.4. The largest absolute Gasteiger partial charge is 0.482 e. The highest BCUT2D eigenvalue weighted by Crippen LogP contribution is 2.33. The molecule has 0 fully saturated rings. The lowest BCUT2D eigenvalue weighted by molar-refractivity contribution is -0.118. The van der Waals surface area contributed by atoms with Gasteiger partial charge in [0.2, 0.25) is 4.80 Å². The van der Waals surface area contributed by atoms with Gasteiger partial charge in [-0.15, -0.1) is 11.3 Å². The third-order valence-electron chi connectivity index (χ3n) is 5.60. The number of hydrogen-bond donors (Lipinski definition) is 1. The summed E-state index contributed by atoms with van der Waals surface area (Å²) in [4.78, 5) is 17.3. The summed E-state index contributed by atoms with van der Waals surface area (Å²) in [6, 6.07) is 22.3. The Morgan fingerprint density at radius 2 is 1.91 bits per heavy atom. The van der Waals surface area contributed by atoms with Gasteiger partial charge in [-0.25, -0.2) is 9.07 Å². The standard InChI is InChI=1S/C27H23FN4O2S/c1-18(21-9-5-6-10-22(21)28)31-32-24(20-11-12-25-23(15-20)30-26(33)16-34-25)17-35-27(32)29-14-13-19-7-3-2-4-8-19/h2-12,15,17H,13-14,16H2,1H3,(H,30,33). The van der Waals surface area contributed by atoms with Crippen LogP contribution in [0.5, 0.6) is 5.75 Å². The van der Waals surface area contributed by atoms with Gasteiger partial charge in [0.1, 0.15) is 11.6 Å². The van der Waals surface area contributed by atoms with Crippen LogP contribution in [0.3, 0.4) is 0 Å². The van der Waals surface area contributed by atoms with E-state index in [0.29, 0.717) is 34.1 Å². The van der Waals surface area contributed by atoms with E-state index in [-0.39, 0.29) is 18.3 Å². The fourth-order valence-electron chi connectivity index (χ4n) is 3.83. The number of amides is 1. The van der Waals surface area contributed by atoms with E-state index in [1.165, 1.54) is 23.0 Å². The number of fused-ring (bicyclic) bond motifs is 1. The smallest absolute Gasteiger partial charge is 0.262 e. The lowest BCUT2D eigenvalue weighted by Crippen LogP contribution is -2.25.